The molecule has 0 saturated carbocycles. The number of hydrogen-bond acceptors (Lipinski definition) is 10. The van der Waals surface area contributed by atoms with Crippen LogP contribution in [0.1, 0.15) is 83.3 Å². The van der Waals surface area contributed by atoms with Crippen molar-refractivity contribution in [2.45, 2.75) is 71.3 Å². The van der Waals surface area contributed by atoms with Gasteiger partial charge < -0.3 is 55.9 Å². The molecule has 5 heterocycles. The van der Waals surface area contributed by atoms with Gasteiger partial charge in [-0.2, -0.15) is 0 Å². The molecule has 16 heteroatoms. The number of carbonyl (C=O) groups excluding carboxylic acids is 2. The number of ether oxygens (including phenoxy) is 6. The fourth-order valence-electron chi connectivity index (χ4n) is 9.94. The number of nitrogens with one attached hydrogen (secondary N) is 1. The molecule has 0 spiro atoms. The zero-order valence-corrected chi connectivity index (χ0v) is 38.8. The predicted octanol–water partition coefficient (Wildman–Crippen LogP) is 1.49. The predicted molar refractivity (Wildman–Crippen MR) is 244 cm³/mol. The minimum Gasteiger partial charge on any atom is -1.00 e. The smallest absolute Gasteiger partial charge is 0.255 e. The van der Waals surface area contributed by atoms with Crippen LogP contribution in [0, 0.1) is 0 Å². The molecule has 15 nitrogen and oxygen atoms in total. The zero-order valence-electron chi connectivity index (χ0n) is 38.0. The Balaban J connectivity index is 0.00000630. The molecule has 5 aliphatic rings. The SMILES string of the molecule is CC(C)N(CC(=O)NCCOCCOCCOCCOCCOCCN=[N+]=[N-])C(=O)c1ccccc1C1=c2cc3c4c(c2Oc2c1cc1c5c2CCCN5CCC1)CCC[N+]=4CCC3.[Cl-]. The van der Waals surface area contributed by atoms with Gasteiger partial charge in [-0.25, -0.2) is 4.58 Å². The van der Waals surface area contributed by atoms with Gasteiger partial charge in [0, 0.05) is 88.7 Å². The van der Waals surface area contributed by atoms with Crippen molar-refractivity contribution >= 4 is 23.1 Å². The number of hydrogen-bond donors (Lipinski definition) is 1. The van der Waals surface area contributed by atoms with Crippen molar-refractivity contribution in [1.29, 1.82) is 0 Å². The lowest BCUT2D eigenvalue weighted by Crippen LogP contribution is -3.00. The maximum Gasteiger partial charge on any atom is 0.255 e. The second kappa shape index (κ2) is 23.6. The number of fused-ring (bicyclic) bond motifs is 4. The van der Waals surface area contributed by atoms with Crippen molar-refractivity contribution < 1.29 is 50.4 Å². The molecule has 0 radical (unpaired) electrons. The first-order valence-corrected chi connectivity index (χ1v) is 23.4. The number of nitrogens with zero attached hydrogens (tertiary/aromatic N) is 6. The molecule has 0 atom stereocenters. The van der Waals surface area contributed by atoms with Crippen molar-refractivity contribution in [1.82, 2.24) is 14.8 Å². The summed E-state index contributed by atoms with van der Waals surface area (Å²) in [6.45, 7) is 12.9. The molecular formula is C49H64ClN7O8. The fraction of sp³-hybridized carbons (Fsp3) is 0.571. The molecule has 0 aromatic heterocycles. The van der Waals surface area contributed by atoms with Crippen molar-refractivity contribution in [3.05, 3.63) is 96.4 Å². The molecule has 0 aliphatic carbocycles. The van der Waals surface area contributed by atoms with E-state index in [0.717, 1.165) is 111 Å². The number of amides is 2. The topological polar surface area (TPSA) is 160 Å². The van der Waals surface area contributed by atoms with Crippen LogP contribution in [0.15, 0.2) is 41.5 Å². The van der Waals surface area contributed by atoms with Crippen LogP contribution >= 0.6 is 0 Å². The van der Waals surface area contributed by atoms with Crippen LogP contribution in [-0.2, 0) is 54.2 Å². The van der Waals surface area contributed by atoms with E-state index in [-0.39, 0.29) is 36.8 Å². The molecule has 0 unspecified atom stereocenters. The quantitative estimate of drug-likeness (QED) is 0.0383. The molecule has 0 fully saturated rings. The third kappa shape index (κ3) is 11.3. The van der Waals surface area contributed by atoms with Gasteiger partial charge in [0.25, 0.3) is 5.91 Å². The van der Waals surface area contributed by atoms with E-state index in [1.54, 1.807) is 4.90 Å². The molecule has 0 saturated heterocycles. The van der Waals surface area contributed by atoms with Crippen LogP contribution in [0.25, 0.3) is 16.0 Å². The standard InChI is InChI=1S/C49H63N7O8.ClH/c1-34(2)56(33-43(57)51-15-21-59-23-25-61-27-29-63-30-28-62-26-24-60-22-16-52-53-50)49(58)38-12-4-3-11-37(38)44-41-31-35-9-5-17-54-19-7-13-39(45(35)54)47(41)64-48-40-14-8-20-55-18-6-10-36(46(40)55)32-42(44)48;/h3-4,11-12,31-32,34H,5-10,13-30,33H2,1-2H3;1H. The molecule has 350 valence electrons. The Labute approximate surface area is 388 Å². The van der Waals surface area contributed by atoms with Gasteiger partial charge in [0.2, 0.25) is 11.3 Å². The minimum atomic E-state index is -0.238. The van der Waals surface area contributed by atoms with Gasteiger partial charge in [-0.3, -0.25) is 9.59 Å². The van der Waals surface area contributed by atoms with E-state index in [1.807, 2.05) is 32.0 Å². The lowest BCUT2D eigenvalue weighted by Gasteiger charge is -2.39. The zero-order chi connectivity index (χ0) is 44.3. The highest BCUT2D eigenvalue weighted by molar-refractivity contribution is 6.03. The number of azide groups is 1. The summed E-state index contributed by atoms with van der Waals surface area (Å²) in [6, 6.07) is 12.5. The van der Waals surface area contributed by atoms with Crippen LogP contribution in [0.2, 0.25) is 0 Å². The van der Waals surface area contributed by atoms with E-state index in [2.05, 4.69) is 43.0 Å². The lowest BCUT2D eigenvalue weighted by molar-refractivity contribution is -0.122. The second-order valence-corrected chi connectivity index (χ2v) is 17.3. The average Bonchev–Trinajstić information content (AvgIpc) is 3.31. The maximum absolute atomic E-state index is 14.9. The van der Waals surface area contributed by atoms with E-state index in [1.165, 1.54) is 33.3 Å². The highest BCUT2D eigenvalue weighted by Crippen LogP contribution is 2.48. The Morgan fingerprint density at radius 3 is 2.14 bits per heavy atom. The van der Waals surface area contributed by atoms with E-state index in [9.17, 15) is 9.59 Å². The Bertz CT molecular complexity index is 2350. The molecule has 0 bridgehead atoms. The van der Waals surface area contributed by atoms with Gasteiger partial charge in [-0.05, 0) is 87.2 Å². The van der Waals surface area contributed by atoms with Gasteiger partial charge in [0.05, 0.1) is 71.6 Å². The molecule has 1 N–H and O–H groups in total. The van der Waals surface area contributed by atoms with Crippen molar-refractivity contribution in [2.75, 3.05) is 117 Å². The molecule has 8 rings (SSSR count). The molecular weight excluding hydrogens is 850 g/mol. The third-order valence-electron chi connectivity index (χ3n) is 12.8. The van der Waals surface area contributed by atoms with Crippen LogP contribution < -0.4 is 42.5 Å². The summed E-state index contributed by atoms with van der Waals surface area (Å²) in [5, 5.41) is 8.80. The van der Waals surface area contributed by atoms with Crippen LogP contribution in [0.4, 0.5) is 5.69 Å². The first-order valence-electron chi connectivity index (χ1n) is 23.4. The average molecular weight is 915 g/mol. The summed E-state index contributed by atoms with van der Waals surface area (Å²) in [6.07, 6.45) is 8.45. The summed E-state index contributed by atoms with van der Waals surface area (Å²) in [5.74, 6) is 1.51. The van der Waals surface area contributed by atoms with Gasteiger partial charge in [0.1, 0.15) is 31.1 Å². The largest absolute Gasteiger partial charge is 1.00 e. The van der Waals surface area contributed by atoms with Crippen LogP contribution in [0.5, 0.6) is 11.5 Å². The minimum absolute atomic E-state index is 0. The number of rotatable bonds is 23. The van der Waals surface area contributed by atoms with Crippen LogP contribution in [0.3, 0.4) is 0 Å². The normalized spacial score (nSPS) is 15.5. The Morgan fingerprint density at radius 2 is 1.43 bits per heavy atom. The summed E-state index contributed by atoms with van der Waals surface area (Å²) >= 11 is 0. The number of anilines is 1. The van der Waals surface area contributed by atoms with E-state index in [0.29, 0.717) is 84.7 Å². The van der Waals surface area contributed by atoms with E-state index < -0.39 is 0 Å². The van der Waals surface area contributed by atoms with E-state index in [4.69, 9.17) is 34.0 Å². The highest BCUT2D eigenvalue weighted by Gasteiger charge is 2.37. The third-order valence-corrected chi connectivity index (χ3v) is 12.8. The maximum atomic E-state index is 14.9. The number of halogens is 1. The lowest BCUT2D eigenvalue weighted by atomic mass is 9.81. The molecule has 3 aromatic rings. The fourth-order valence-corrected chi connectivity index (χ4v) is 9.94. The summed E-state index contributed by atoms with van der Waals surface area (Å²) in [5.41, 5.74) is 18.6. The van der Waals surface area contributed by atoms with Gasteiger partial charge in [-0.1, -0.05) is 23.3 Å². The number of carbonyl (C=O) groups is 2. The van der Waals surface area contributed by atoms with Crippen molar-refractivity contribution in [3.8, 4) is 11.5 Å². The van der Waals surface area contributed by atoms with Crippen molar-refractivity contribution in [2.24, 2.45) is 5.11 Å². The molecule has 65 heavy (non-hydrogen) atoms. The second-order valence-electron chi connectivity index (χ2n) is 17.3. The van der Waals surface area contributed by atoms with Crippen LogP contribution in [-0.4, -0.2) is 135 Å². The highest BCUT2D eigenvalue weighted by atomic mass is 35.5. The summed E-state index contributed by atoms with van der Waals surface area (Å²) in [4.78, 5) is 35.2. The van der Waals surface area contributed by atoms with Gasteiger partial charge >= 0.3 is 0 Å². The number of benzene rings is 3. The number of aryl methyl sites for hydroxylation is 2. The summed E-state index contributed by atoms with van der Waals surface area (Å²) < 4.78 is 37.3. The van der Waals surface area contributed by atoms with Crippen molar-refractivity contribution in [3.63, 3.8) is 0 Å². The Hall–Kier alpha value is -4.73. The van der Waals surface area contributed by atoms with E-state index >= 15 is 0 Å². The Morgan fingerprint density at radius 1 is 0.800 bits per heavy atom. The first kappa shape index (κ1) is 48.2. The molecule has 5 aliphatic heterocycles. The summed E-state index contributed by atoms with van der Waals surface area (Å²) in [7, 11) is 0. The Kier molecular flexibility index (Phi) is 17.5. The molecule has 3 aromatic carbocycles. The monoisotopic (exact) mass is 913 g/mol. The first-order chi connectivity index (χ1) is 31.4. The van der Waals surface area contributed by atoms with Gasteiger partial charge in [0.15, 0.2) is 0 Å². The van der Waals surface area contributed by atoms with Gasteiger partial charge in [-0.15, -0.1) is 0 Å². The molecule has 2 amide bonds.